The number of anilines is 2. The zero-order valence-corrected chi connectivity index (χ0v) is 13.1. The van der Waals surface area contributed by atoms with Gasteiger partial charge in [0.1, 0.15) is 5.00 Å². The average Bonchev–Trinajstić information content (AvgIpc) is 2.86. The largest absolute Gasteiger partial charge is 0.398 e. The molecule has 2 aromatic rings. The first-order valence-corrected chi connectivity index (χ1v) is 8.07. The molecule has 0 saturated heterocycles. The number of thioether (sulfide) groups is 1. The molecule has 0 aliphatic heterocycles. The molecule has 0 fully saturated rings. The standard InChI is InChI=1S/C13H12ClN3O2S2/c14-8-2-1-3-9(15)11(8)21-6-10(18)17-13-7(12(16)19)4-5-20-13/h1-5H,6,15H2,(H2,16,19)(H,17,18). The SMILES string of the molecule is NC(=O)c1ccsc1NC(=O)CSc1c(N)cccc1Cl. The quantitative estimate of drug-likeness (QED) is 0.575. The first kappa shape index (κ1) is 15.7. The van der Waals surface area contributed by atoms with Crippen LogP contribution in [-0.4, -0.2) is 17.6 Å². The normalized spacial score (nSPS) is 10.3. The van der Waals surface area contributed by atoms with Crippen molar-refractivity contribution in [2.24, 2.45) is 5.73 Å². The summed E-state index contributed by atoms with van der Waals surface area (Å²) < 4.78 is 0. The van der Waals surface area contributed by atoms with E-state index in [1.165, 1.54) is 23.1 Å². The fourth-order valence-electron chi connectivity index (χ4n) is 1.58. The van der Waals surface area contributed by atoms with Gasteiger partial charge in [0.15, 0.2) is 0 Å². The van der Waals surface area contributed by atoms with Gasteiger partial charge in [-0.05, 0) is 23.6 Å². The number of rotatable bonds is 5. The molecule has 0 spiro atoms. The maximum Gasteiger partial charge on any atom is 0.251 e. The molecule has 2 rings (SSSR count). The second-order valence-electron chi connectivity index (χ2n) is 4.02. The number of thiophene rings is 1. The Labute approximate surface area is 134 Å². The van der Waals surface area contributed by atoms with Gasteiger partial charge in [-0.3, -0.25) is 9.59 Å². The zero-order chi connectivity index (χ0) is 15.4. The molecule has 1 heterocycles. The van der Waals surface area contributed by atoms with Gasteiger partial charge in [0, 0.05) is 10.6 Å². The Balaban J connectivity index is 2.00. The third kappa shape index (κ3) is 3.90. The molecule has 110 valence electrons. The number of primary amides is 1. The Kier molecular flexibility index (Phi) is 5.11. The second kappa shape index (κ2) is 6.84. The van der Waals surface area contributed by atoms with Gasteiger partial charge in [-0.25, -0.2) is 0 Å². The molecule has 8 heteroatoms. The van der Waals surface area contributed by atoms with Crippen molar-refractivity contribution >= 4 is 57.2 Å². The van der Waals surface area contributed by atoms with E-state index in [-0.39, 0.29) is 11.7 Å². The fraction of sp³-hybridized carbons (Fsp3) is 0.0769. The number of nitrogens with one attached hydrogen (secondary N) is 1. The van der Waals surface area contributed by atoms with Crippen LogP contribution in [0.15, 0.2) is 34.5 Å². The van der Waals surface area contributed by atoms with Crippen LogP contribution in [0.1, 0.15) is 10.4 Å². The van der Waals surface area contributed by atoms with Gasteiger partial charge in [-0.1, -0.05) is 17.7 Å². The molecule has 2 amide bonds. The molecular weight excluding hydrogens is 330 g/mol. The summed E-state index contributed by atoms with van der Waals surface area (Å²) in [7, 11) is 0. The van der Waals surface area contributed by atoms with Crippen molar-refractivity contribution in [2.75, 3.05) is 16.8 Å². The van der Waals surface area contributed by atoms with Gasteiger partial charge in [0.05, 0.1) is 16.3 Å². The maximum atomic E-state index is 11.9. The van der Waals surface area contributed by atoms with Crippen LogP contribution in [0, 0.1) is 0 Å². The van der Waals surface area contributed by atoms with E-state index in [4.69, 9.17) is 23.1 Å². The van der Waals surface area contributed by atoms with Crippen LogP contribution >= 0.6 is 34.7 Å². The Morgan fingerprint density at radius 1 is 1.33 bits per heavy atom. The van der Waals surface area contributed by atoms with Crippen LogP contribution in [0.2, 0.25) is 5.02 Å². The monoisotopic (exact) mass is 341 g/mol. The zero-order valence-electron chi connectivity index (χ0n) is 10.8. The topological polar surface area (TPSA) is 98.2 Å². The number of halogens is 1. The van der Waals surface area contributed by atoms with E-state index in [0.29, 0.717) is 26.2 Å². The van der Waals surface area contributed by atoms with Gasteiger partial charge in [-0.2, -0.15) is 0 Å². The number of benzene rings is 1. The van der Waals surface area contributed by atoms with Crippen LogP contribution in [0.3, 0.4) is 0 Å². The average molecular weight is 342 g/mol. The Morgan fingerprint density at radius 2 is 2.10 bits per heavy atom. The number of hydrogen-bond donors (Lipinski definition) is 3. The third-order valence-electron chi connectivity index (χ3n) is 2.53. The van der Waals surface area contributed by atoms with Crippen LogP contribution in [-0.2, 0) is 4.79 Å². The molecule has 0 atom stereocenters. The Morgan fingerprint density at radius 3 is 2.76 bits per heavy atom. The highest BCUT2D eigenvalue weighted by Gasteiger charge is 2.13. The minimum Gasteiger partial charge on any atom is -0.398 e. The number of nitrogen functional groups attached to an aromatic ring is 1. The van der Waals surface area contributed by atoms with E-state index in [0.717, 1.165) is 0 Å². The molecular formula is C13H12ClN3O2S2. The van der Waals surface area contributed by atoms with Crippen molar-refractivity contribution in [3.05, 3.63) is 40.2 Å². The molecule has 1 aromatic carbocycles. The lowest BCUT2D eigenvalue weighted by Crippen LogP contribution is -2.17. The summed E-state index contributed by atoms with van der Waals surface area (Å²) in [5.74, 6) is -0.705. The molecule has 0 unspecified atom stereocenters. The highest BCUT2D eigenvalue weighted by atomic mass is 35.5. The van der Waals surface area contributed by atoms with Crippen molar-refractivity contribution < 1.29 is 9.59 Å². The highest BCUT2D eigenvalue weighted by molar-refractivity contribution is 8.00. The lowest BCUT2D eigenvalue weighted by Gasteiger charge is -2.08. The summed E-state index contributed by atoms with van der Waals surface area (Å²) in [5.41, 5.74) is 11.9. The summed E-state index contributed by atoms with van der Waals surface area (Å²) in [5, 5.41) is 5.29. The molecule has 5 nitrogen and oxygen atoms in total. The van der Waals surface area contributed by atoms with Gasteiger partial charge >= 0.3 is 0 Å². The molecule has 0 saturated carbocycles. The maximum absolute atomic E-state index is 11.9. The van der Waals surface area contributed by atoms with E-state index in [9.17, 15) is 9.59 Å². The molecule has 1 aromatic heterocycles. The van der Waals surface area contributed by atoms with Gasteiger partial charge < -0.3 is 16.8 Å². The molecule has 21 heavy (non-hydrogen) atoms. The predicted molar refractivity (Wildman–Crippen MR) is 88.1 cm³/mol. The van der Waals surface area contributed by atoms with Crippen molar-refractivity contribution in [3.63, 3.8) is 0 Å². The second-order valence-corrected chi connectivity index (χ2v) is 6.33. The van der Waals surface area contributed by atoms with Gasteiger partial charge in [0.25, 0.3) is 5.91 Å². The van der Waals surface area contributed by atoms with E-state index in [2.05, 4.69) is 5.32 Å². The number of nitrogens with two attached hydrogens (primary N) is 2. The van der Waals surface area contributed by atoms with Gasteiger partial charge in [0.2, 0.25) is 5.91 Å². The van der Waals surface area contributed by atoms with Crippen LogP contribution in [0.4, 0.5) is 10.7 Å². The summed E-state index contributed by atoms with van der Waals surface area (Å²) in [6, 6.07) is 6.74. The number of amides is 2. The number of hydrogen-bond acceptors (Lipinski definition) is 5. The number of carbonyl (C=O) groups is 2. The molecule has 0 aliphatic rings. The summed E-state index contributed by atoms with van der Waals surface area (Å²) in [4.78, 5) is 23.8. The van der Waals surface area contributed by atoms with Crippen LogP contribution < -0.4 is 16.8 Å². The van der Waals surface area contributed by atoms with Crippen molar-refractivity contribution in [3.8, 4) is 0 Å². The fourth-order valence-corrected chi connectivity index (χ4v) is 3.52. The molecule has 0 aliphatic carbocycles. The van der Waals surface area contributed by atoms with E-state index < -0.39 is 5.91 Å². The van der Waals surface area contributed by atoms with Crippen molar-refractivity contribution in [1.29, 1.82) is 0 Å². The Hall–Kier alpha value is -1.70. The van der Waals surface area contributed by atoms with Crippen LogP contribution in [0.25, 0.3) is 0 Å². The van der Waals surface area contributed by atoms with Crippen molar-refractivity contribution in [2.45, 2.75) is 4.90 Å². The van der Waals surface area contributed by atoms with E-state index >= 15 is 0 Å². The molecule has 0 radical (unpaired) electrons. The smallest absolute Gasteiger partial charge is 0.251 e. The van der Waals surface area contributed by atoms with E-state index in [1.54, 1.807) is 29.6 Å². The van der Waals surface area contributed by atoms with E-state index in [1.807, 2.05) is 0 Å². The lowest BCUT2D eigenvalue weighted by molar-refractivity contribution is -0.113. The third-order valence-corrected chi connectivity index (χ3v) is 4.94. The predicted octanol–water partition coefficient (Wildman–Crippen LogP) is 2.81. The molecule has 5 N–H and O–H groups in total. The minimum atomic E-state index is -0.574. The number of carbonyl (C=O) groups excluding carboxylic acids is 2. The summed E-state index contributed by atoms with van der Waals surface area (Å²) >= 11 is 8.51. The first-order chi connectivity index (χ1) is 9.99. The molecule has 0 bridgehead atoms. The minimum absolute atomic E-state index is 0.129. The summed E-state index contributed by atoms with van der Waals surface area (Å²) in [6.07, 6.45) is 0. The van der Waals surface area contributed by atoms with Gasteiger partial charge in [-0.15, -0.1) is 23.1 Å². The summed E-state index contributed by atoms with van der Waals surface area (Å²) in [6.45, 7) is 0. The Bertz CT molecular complexity index is 668. The lowest BCUT2D eigenvalue weighted by atomic mass is 10.3. The highest BCUT2D eigenvalue weighted by Crippen LogP contribution is 2.32. The first-order valence-electron chi connectivity index (χ1n) is 5.83. The van der Waals surface area contributed by atoms with Crippen LogP contribution in [0.5, 0.6) is 0 Å². The van der Waals surface area contributed by atoms with Crippen molar-refractivity contribution in [1.82, 2.24) is 0 Å².